The van der Waals surface area contributed by atoms with Crippen LogP contribution in [0.3, 0.4) is 0 Å². The molecule has 0 saturated carbocycles. The zero-order valence-electron chi connectivity index (χ0n) is 16.8. The molecule has 0 atom stereocenters. The first-order chi connectivity index (χ1) is 14.6. The molecule has 0 radical (unpaired) electrons. The molecule has 1 saturated heterocycles. The van der Waals surface area contributed by atoms with E-state index >= 15 is 0 Å². The Morgan fingerprint density at radius 3 is 2.67 bits per heavy atom. The van der Waals surface area contributed by atoms with Crippen LogP contribution in [0.15, 0.2) is 54.7 Å². The second-order valence-electron chi connectivity index (χ2n) is 6.82. The van der Waals surface area contributed by atoms with Crippen molar-refractivity contribution in [2.45, 2.75) is 0 Å². The Morgan fingerprint density at radius 1 is 1.07 bits per heavy atom. The van der Waals surface area contributed by atoms with E-state index in [9.17, 15) is 9.59 Å². The molecule has 1 fully saturated rings. The summed E-state index contributed by atoms with van der Waals surface area (Å²) in [5.74, 6) is 0.867. The highest BCUT2D eigenvalue weighted by Gasteiger charge is 2.31. The number of methoxy groups -OCH3 is 2. The van der Waals surface area contributed by atoms with Crippen LogP contribution < -0.4 is 19.7 Å². The molecule has 30 heavy (non-hydrogen) atoms. The van der Waals surface area contributed by atoms with Crippen molar-refractivity contribution < 1.29 is 19.1 Å². The number of anilines is 2. The molecule has 3 aromatic rings. The van der Waals surface area contributed by atoms with Gasteiger partial charge >= 0.3 is 6.03 Å². The van der Waals surface area contributed by atoms with E-state index in [4.69, 9.17) is 9.47 Å². The maximum Gasteiger partial charge on any atom is 0.325 e. The fraction of sp³-hybridized carbons (Fsp3) is 0.227. The third-order valence-corrected chi connectivity index (χ3v) is 5.02. The van der Waals surface area contributed by atoms with Gasteiger partial charge in [0.25, 0.3) is 0 Å². The number of amides is 3. The van der Waals surface area contributed by atoms with E-state index in [1.807, 2.05) is 24.3 Å². The van der Waals surface area contributed by atoms with Gasteiger partial charge in [-0.1, -0.05) is 18.2 Å². The minimum absolute atomic E-state index is 0.0359. The molecule has 4 rings (SSSR count). The summed E-state index contributed by atoms with van der Waals surface area (Å²) in [5, 5.41) is 3.81. The number of aromatic nitrogens is 1. The first kappa shape index (κ1) is 19.5. The third-order valence-electron chi connectivity index (χ3n) is 5.02. The number of pyridine rings is 1. The lowest BCUT2D eigenvalue weighted by molar-refractivity contribution is -0.116. The Bertz CT molecular complexity index is 1100. The molecule has 0 unspecified atom stereocenters. The number of hydrogen-bond acceptors (Lipinski definition) is 5. The SMILES string of the molecule is COc1ccc(N2CCN(CC(=O)Nc3cccc4cccnc34)C2=O)cc1OC. The Labute approximate surface area is 174 Å². The van der Waals surface area contributed by atoms with Crippen LogP contribution in [0.5, 0.6) is 11.5 Å². The van der Waals surface area contributed by atoms with Crippen molar-refractivity contribution in [2.24, 2.45) is 0 Å². The smallest absolute Gasteiger partial charge is 0.325 e. The Kier molecular flexibility index (Phi) is 5.38. The molecule has 0 spiro atoms. The molecule has 1 aromatic heterocycles. The molecule has 1 aliphatic heterocycles. The molecule has 1 aliphatic rings. The number of para-hydroxylation sites is 1. The van der Waals surface area contributed by atoms with Crippen molar-refractivity contribution in [1.29, 1.82) is 0 Å². The Balaban J connectivity index is 1.45. The fourth-order valence-corrected chi connectivity index (χ4v) is 3.53. The zero-order valence-corrected chi connectivity index (χ0v) is 16.8. The number of hydrogen-bond donors (Lipinski definition) is 1. The van der Waals surface area contributed by atoms with E-state index in [-0.39, 0.29) is 18.5 Å². The average Bonchev–Trinajstić information content (AvgIpc) is 3.13. The van der Waals surface area contributed by atoms with Gasteiger partial charge in [0.1, 0.15) is 6.54 Å². The second-order valence-corrected chi connectivity index (χ2v) is 6.82. The van der Waals surface area contributed by atoms with Crippen LogP contribution in [0.1, 0.15) is 0 Å². The first-order valence-corrected chi connectivity index (χ1v) is 9.53. The van der Waals surface area contributed by atoms with E-state index in [1.54, 1.807) is 49.6 Å². The van der Waals surface area contributed by atoms with Gasteiger partial charge in [0.05, 0.1) is 25.4 Å². The van der Waals surface area contributed by atoms with E-state index in [0.717, 1.165) is 5.39 Å². The van der Waals surface area contributed by atoms with Crippen LogP contribution in [0.4, 0.5) is 16.2 Å². The predicted octanol–water partition coefficient (Wildman–Crippen LogP) is 3.13. The van der Waals surface area contributed by atoms with Gasteiger partial charge in [0, 0.05) is 36.4 Å². The summed E-state index contributed by atoms with van der Waals surface area (Å²) < 4.78 is 10.6. The summed E-state index contributed by atoms with van der Waals surface area (Å²) in [6.45, 7) is 0.900. The van der Waals surface area contributed by atoms with Crippen LogP contribution >= 0.6 is 0 Å². The quantitative estimate of drug-likeness (QED) is 0.680. The van der Waals surface area contributed by atoms with Crippen molar-refractivity contribution in [1.82, 2.24) is 9.88 Å². The molecular weight excluding hydrogens is 384 g/mol. The highest BCUT2D eigenvalue weighted by Crippen LogP contribution is 2.32. The third kappa shape index (κ3) is 3.71. The number of carbonyl (C=O) groups is 2. The van der Waals surface area contributed by atoms with Crippen LogP contribution in [0.25, 0.3) is 10.9 Å². The lowest BCUT2D eigenvalue weighted by Gasteiger charge is -2.19. The molecule has 8 nitrogen and oxygen atoms in total. The minimum Gasteiger partial charge on any atom is -0.493 e. The van der Waals surface area contributed by atoms with E-state index in [2.05, 4.69) is 10.3 Å². The molecule has 8 heteroatoms. The number of fused-ring (bicyclic) bond motifs is 1. The van der Waals surface area contributed by atoms with Gasteiger partial charge in [-0.3, -0.25) is 14.7 Å². The first-order valence-electron chi connectivity index (χ1n) is 9.53. The molecule has 2 heterocycles. The van der Waals surface area contributed by atoms with Gasteiger partial charge in [0.2, 0.25) is 5.91 Å². The van der Waals surface area contributed by atoms with Gasteiger partial charge in [-0.25, -0.2) is 4.79 Å². The van der Waals surface area contributed by atoms with E-state index in [0.29, 0.717) is 41.5 Å². The minimum atomic E-state index is -0.268. The molecule has 0 aliphatic carbocycles. The van der Waals surface area contributed by atoms with Crippen molar-refractivity contribution >= 4 is 34.2 Å². The van der Waals surface area contributed by atoms with Gasteiger partial charge in [0.15, 0.2) is 11.5 Å². The normalized spacial score (nSPS) is 13.6. The monoisotopic (exact) mass is 406 g/mol. The highest BCUT2D eigenvalue weighted by molar-refractivity contribution is 6.03. The van der Waals surface area contributed by atoms with Crippen molar-refractivity contribution in [2.75, 3.05) is 44.1 Å². The lowest BCUT2D eigenvalue weighted by atomic mass is 10.2. The van der Waals surface area contributed by atoms with E-state index < -0.39 is 0 Å². The number of carbonyl (C=O) groups excluding carboxylic acids is 2. The summed E-state index contributed by atoms with van der Waals surface area (Å²) in [6, 6.07) is 14.4. The summed E-state index contributed by atoms with van der Waals surface area (Å²) in [4.78, 5) is 32.9. The highest BCUT2D eigenvalue weighted by atomic mass is 16.5. The summed E-state index contributed by atoms with van der Waals surface area (Å²) >= 11 is 0. The molecule has 0 bridgehead atoms. The largest absolute Gasteiger partial charge is 0.493 e. The number of nitrogens with one attached hydrogen (secondary N) is 1. The topological polar surface area (TPSA) is 84.0 Å². The van der Waals surface area contributed by atoms with Crippen molar-refractivity contribution in [3.8, 4) is 11.5 Å². The summed E-state index contributed by atoms with van der Waals surface area (Å²) in [5.41, 5.74) is 2.04. The molecule has 1 N–H and O–H groups in total. The summed E-state index contributed by atoms with van der Waals surface area (Å²) in [6.07, 6.45) is 1.68. The van der Waals surface area contributed by atoms with Gasteiger partial charge in [-0.05, 0) is 24.3 Å². The van der Waals surface area contributed by atoms with Crippen molar-refractivity contribution in [3.05, 3.63) is 54.7 Å². The van der Waals surface area contributed by atoms with Crippen LogP contribution in [-0.2, 0) is 4.79 Å². The Hall–Kier alpha value is -3.81. The lowest BCUT2D eigenvalue weighted by Crippen LogP contribution is -2.37. The number of benzene rings is 2. The van der Waals surface area contributed by atoms with Gasteiger partial charge in [-0.15, -0.1) is 0 Å². The maximum atomic E-state index is 12.8. The number of nitrogens with zero attached hydrogens (tertiary/aromatic N) is 3. The predicted molar refractivity (Wildman–Crippen MR) is 114 cm³/mol. The van der Waals surface area contributed by atoms with Gasteiger partial charge < -0.3 is 19.7 Å². The van der Waals surface area contributed by atoms with Crippen LogP contribution in [0.2, 0.25) is 0 Å². The number of rotatable bonds is 6. The maximum absolute atomic E-state index is 12.8. The second kappa shape index (κ2) is 8.28. The van der Waals surface area contributed by atoms with Crippen molar-refractivity contribution in [3.63, 3.8) is 0 Å². The van der Waals surface area contributed by atoms with Crippen LogP contribution in [0, 0.1) is 0 Å². The zero-order chi connectivity index (χ0) is 21.1. The van der Waals surface area contributed by atoms with E-state index in [1.165, 1.54) is 4.90 Å². The molecular formula is C22H22N4O4. The Morgan fingerprint density at radius 2 is 1.87 bits per heavy atom. The fourth-order valence-electron chi connectivity index (χ4n) is 3.53. The summed E-state index contributed by atoms with van der Waals surface area (Å²) in [7, 11) is 3.11. The number of urea groups is 1. The molecule has 154 valence electrons. The standard InChI is InChI=1S/C22H22N4O4/c1-29-18-9-8-16(13-19(18)30-2)26-12-11-25(22(26)28)14-20(27)24-17-7-3-5-15-6-4-10-23-21(15)17/h3-10,13H,11-12,14H2,1-2H3,(H,24,27). The average molecular weight is 406 g/mol. The van der Waals surface area contributed by atoms with Gasteiger partial charge in [-0.2, -0.15) is 0 Å². The molecule has 2 aromatic carbocycles. The van der Waals surface area contributed by atoms with Crippen LogP contribution in [-0.4, -0.2) is 55.7 Å². The molecule has 3 amide bonds. The number of ether oxygens (including phenoxy) is 2.